The number of hydrogen-bond donors (Lipinski definition) is 1. The van der Waals surface area contributed by atoms with E-state index in [9.17, 15) is 13.2 Å². The van der Waals surface area contributed by atoms with Gasteiger partial charge in [0.05, 0.1) is 36.5 Å². The largest absolute Gasteiger partial charge is 0.493 e. The maximum absolute atomic E-state index is 14.7. The number of nitrogens with one attached hydrogen (secondary N) is 1. The van der Waals surface area contributed by atoms with Crippen molar-refractivity contribution in [3.05, 3.63) is 59.2 Å². The van der Waals surface area contributed by atoms with E-state index in [1.54, 1.807) is 12.1 Å². The third-order valence-electron chi connectivity index (χ3n) is 7.62. The lowest BCUT2D eigenvalue weighted by Crippen LogP contribution is -2.61. The SMILES string of the molecule is COc1cc(CNC23CCC(CCc4c(F)cnc5ccc(C)nc45)(CC2)OC3)ccc1OC(F)F. The lowest BCUT2D eigenvalue weighted by atomic mass is 9.69. The van der Waals surface area contributed by atoms with Gasteiger partial charge in [-0.2, -0.15) is 8.78 Å². The van der Waals surface area contributed by atoms with Gasteiger partial charge in [0.1, 0.15) is 5.82 Å². The zero-order valence-corrected chi connectivity index (χ0v) is 20.5. The molecule has 1 aromatic carbocycles. The number of aromatic nitrogens is 2. The number of hydrogen-bond acceptors (Lipinski definition) is 6. The van der Waals surface area contributed by atoms with E-state index in [2.05, 4.69) is 20.0 Å². The molecule has 0 spiro atoms. The number of nitrogens with zero attached hydrogens (tertiary/aromatic N) is 2. The summed E-state index contributed by atoms with van der Waals surface area (Å²) >= 11 is 0. The van der Waals surface area contributed by atoms with Crippen molar-refractivity contribution in [3.8, 4) is 11.5 Å². The molecule has 2 saturated heterocycles. The Labute approximate surface area is 208 Å². The fourth-order valence-corrected chi connectivity index (χ4v) is 5.40. The highest BCUT2D eigenvalue weighted by Crippen LogP contribution is 2.46. The van der Waals surface area contributed by atoms with Gasteiger partial charge in [0, 0.05) is 23.3 Å². The first-order valence-electron chi connectivity index (χ1n) is 12.2. The maximum atomic E-state index is 14.7. The van der Waals surface area contributed by atoms with Gasteiger partial charge in [-0.05, 0) is 75.3 Å². The molecule has 36 heavy (non-hydrogen) atoms. The monoisotopic (exact) mass is 501 g/mol. The first kappa shape index (κ1) is 24.8. The van der Waals surface area contributed by atoms with Crippen LogP contribution in [0.1, 0.15) is 48.9 Å². The molecule has 4 heterocycles. The Balaban J connectivity index is 1.21. The molecule has 3 fully saturated rings. The smallest absolute Gasteiger partial charge is 0.387 e. The van der Waals surface area contributed by atoms with Crippen molar-refractivity contribution in [2.45, 2.75) is 69.7 Å². The summed E-state index contributed by atoms with van der Waals surface area (Å²) in [6.45, 7) is 0.124. The second-order valence-electron chi connectivity index (χ2n) is 9.87. The van der Waals surface area contributed by atoms with Crippen LogP contribution in [0.5, 0.6) is 11.5 Å². The molecule has 0 radical (unpaired) electrons. The molecule has 2 bridgehead atoms. The van der Waals surface area contributed by atoms with E-state index in [0.717, 1.165) is 43.4 Å². The molecule has 3 aliphatic rings. The third kappa shape index (κ3) is 4.99. The standard InChI is InChI=1S/C27H30F3N3O3/c1-17-3-5-21-24(33-17)19(20(28)15-31-21)7-8-27-11-9-26(10-12-27,16-35-27)32-14-18-4-6-22(36-25(29)30)23(13-18)34-2/h3-6,13,15,25,32H,7-12,14,16H2,1-2H3. The Morgan fingerprint density at radius 3 is 2.61 bits per heavy atom. The van der Waals surface area contributed by atoms with Crippen LogP contribution in [-0.4, -0.2) is 41.4 Å². The van der Waals surface area contributed by atoms with Crippen molar-refractivity contribution in [1.82, 2.24) is 15.3 Å². The van der Waals surface area contributed by atoms with E-state index in [1.165, 1.54) is 19.4 Å². The Kier molecular flexibility index (Phi) is 6.78. The molecule has 2 aromatic heterocycles. The highest BCUT2D eigenvalue weighted by Gasteiger charge is 2.49. The Hall–Kier alpha value is -2.91. The summed E-state index contributed by atoms with van der Waals surface area (Å²) < 4.78 is 56.0. The molecule has 0 amide bonds. The maximum Gasteiger partial charge on any atom is 0.387 e. The van der Waals surface area contributed by atoms with E-state index in [0.29, 0.717) is 36.2 Å². The van der Waals surface area contributed by atoms with Gasteiger partial charge in [-0.25, -0.2) is 4.39 Å². The molecule has 0 unspecified atom stereocenters. The van der Waals surface area contributed by atoms with Crippen LogP contribution in [0, 0.1) is 12.7 Å². The van der Waals surface area contributed by atoms with Gasteiger partial charge in [-0.3, -0.25) is 9.97 Å². The van der Waals surface area contributed by atoms with Crippen LogP contribution in [0.2, 0.25) is 0 Å². The van der Waals surface area contributed by atoms with E-state index in [4.69, 9.17) is 9.47 Å². The molecule has 6 rings (SSSR count). The third-order valence-corrected chi connectivity index (χ3v) is 7.62. The zero-order valence-electron chi connectivity index (χ0n) is 20.5. The molecule has 9 heteroatoms. The van der Waals surface area contributed by atoms with Crippen molar-refractivity contribution in [3.63, 3.8) is 0 Å². The van der Waals surface area contributed by atoms with Gasteiger partial charge < -0.3 is 19.5 Å². The van der Waals surface area contributed by atoms with Crippen LogP contribution in [-0.2, 0) is 17.7 Å². The minimum Gasteiger partial charge on any atom is -0.493 e. The number of rotatable bonds is 9. The number of alkyl halides is 2. The summed E-state index contributed by atoms with van der Waals surface area (Å²) in [5.41, 5.74) is 3.30. The van der Waals surface area contributed by atoms with Crippen molar-refractivity contribution in [1.29, 1.82) is 0 Å². The number of ether oxygens (including phenoxy) is 3. The Morgan fingerprint density at radius 1 is 1.11 bits per heavy atom. The van der Waals surface area contributed by atoms with Crippen molar-refractivity contribution in [2.75, 3.05) is 13.7 Å². The Bertz CT molecular complexity index is 1220. The molecular formula is C27H30F3N3O3. The van der Waals surface area contributed by atoms with Crippen LogP contribution < -0.4 is 14.8 Å². The van der Waals surface area contributed by atoms with Crippen molar-refractivity contribution >= 4 is 11.0 Å². The second-order valence-corrected chi connectivity index (χ2v) is 9.87. The molecule has 192 valence electrons. The first-order chi connectivity index (χ1) is 17.3. The highest BCUT2D eigenvalue weighted by atomic mass is 19.3. The highest BCUT2D eigenvalue weighted by molar-refractivity contribution is 5.77. The lowest BCUT2D eigenvalue weighted by molar-refractivity contribution is -0.165. The lowest BCUT2D eigenvalue weighted by Gasteiger charge is -2.53. The van der Waals surface area contributed by atoms with Gasteiger partial charge in [0.25, 0.3) is 0 Å². The molecule has 1 aliphatic carbocycles. The van der Waals surface area contributed by atoms with Gasteiger partial charge in [-0.15, -0.1) is 0 Å². The number of methoxy groups -OCH3 is 1. The number of benzene rings is 1. The summed E-state index contributed by atoms with van der Waals surface area (Å²) in [6.07, 6.45) is 6.25. The minimum atomic E-state index is -2.90. The predicted molar refractivity (Wildman–Crippen MR) is 129 cm³/mol. The van der Waals surface area contributed by atoms with E-state index in [1.807, 2.05) is 19.1 Å². The van der Waals surface area contributed by atoms with Crippen molar-refractivity contribution in [2.24, 2.45) is 0 Å². The molecule has 0 atom stereocenters. The van der Waals surface area contributed by atoms with Crippen LogP contribution in [0.4, 0.5) is 13.2 Å². The molecule has 2 aliphatic heterocycles. The van der Waals surface area contributed by atoms with Gasteiger partial charge >= 0.3 is 6.61 Å². The molecule has 3 aromatic rings. The average molecular weight is 502 g/mol. The summed E-state index contributed by atoms with van der Waals surface area (Å²) in [7, 11) is 1.43. The fourth-order valence-electron chi connectivity index (χ4n) is 5.40. The topological polar surface area (TPSA) is 65.5 Å². The summed E-state index contributed by atoms with van der Waals surface area (Å²) in [4.78, 5) is 8.73. The molecule has 1 N–H and O–H groups in total. The van der Waals surface area contributed by atoms with E-state index < -0.39 is 6.61 Å². The van der Waals surface area contributed by atoms with Crippen LogP contribution in [0.15, 0.2) is 36.5 Å². The first-order valence-corrected chi connectivity index (χ1v) is 12.2. The van der Waals surface area contributed by atoms with Gasteiger partial charge in [0.2, 0.25) is 0 Å². The van der Waals surface area contributed by atoms with Crippen molar-refractivity contribution < 1.29 is 27.4 Å². The van der Waals surface area contributed by atoms with E-state index >= 15 is 0 Å². The number of halogens is 3. The minimum absolute atomic E-state index is 0.0154. The molecular weight excluding hydrogens is 471 g/mol. The van der Waals surface area contributed by atoms with Crippen LogP contribution in [0.3, 0.4) is 0 Å². The summed E-state index contributed by atoms with van der Waals surface area (Å²) in [5, 5.41) is 3.63. The summed E-state index contributed by atoms with van der Waals surface area (Å²) in [5.74, 6) is -0.0307. The number of aryl methyl sites for hydroxylation is 2. The van der Waals surface area contributed by atoms with Crippen LogP contribution in [0.25, 0.3) is 11.0 Å². The Morgan fingerprint density at radius 2 is 1.92 bits per heavy atom. The zero-order chi connectivity index (χ0) is 25.3. The predicted octanol–water partition coefficient (Wildman–Crippen LogP) is 5.49. The van der Waals surface area contributed by atoms with Gasteiger partial charge in [0.15, 0.2) is 11.5 Å². The molecule has 1 saturated carbocycles. The number of pyridine rings is 2. The van der Waals surface area contributed by atoms with E-state index in [-0.39, 0.29) is 28.5 Å². The second kappa shape index (κ2) is 9.86. The quantitative estimate of drug-likeness (QED) is 0.418. The average Bonchev–Trinajstić information content (AvgIpc) is 2.88. The number of fused-ring (bicyclic) bond motifs is 4. The summed E-state index contributed by atoms with van der Waals surface area (Å²) in [6, 6.07) is 8.73. The fraction of sp³-hybridized carbons (Fsp3) is 0.481. The molecule has 6 nitrogen and oxygen atoms in total. The van der Waals surface area contributed by atoms with Crippen LogP contribution >= 0.6 is 0 Å². The normalized spacial score (nSPS) is 23.4. The van der Waals surface area contributed by atoms with Gasteiger partial charge in [-0.1, -0.05) is 6.07 Å².